The van der Waals surface area contributed by atoms with Crippen LogP contribution in [0.2, 0.25) is 0 Å². The largest absolute Gasteiger partial charge is 0.334 e. The number of sulfonamides is 1. The number of carbonyl (C=O) groups excluding carboxylic acids is 1. The molecule has 2 aromatic heterocycles. The molecule has 0 radical (unpaired) electrons. The number of aromatic nitrogens is 3. The minimum Gasteiger partial charge on any atom is -0.334 e. The molecule has 3 aromatic rings. The zero-order valence-electron chi connectivity index (χ0n) is 21.9. The summed E-state index contributed by atoms with van der Waals surface area (Å²) in [4.78, 5) is 29.6. The number of benzene rings is 1. The van der Waals surface area contributed by atoms with E-state index in [2.05, 4.69) is 4.98 Å². The minimum absolute atomic E-state index is 0.0919. The van der Waals surface area contributed by atoms with Gasteiger partial charge in [-0.05, 0) is 25.3 Å². The van der Waals surface area contributed by atoms with Crippen LogP contribution in [-0.4, -0.2) is 45.3 Å². The third-order valence-electron chi connectivity index (χ3n) is 7.63. The molecule has 1 atom stereocenters. The molecule has 220 valence electrons. The smallest absolute Gasteiger partial charge is 0.252 e. The van der Waals surface area contributed by atoms with Gasteiger partial charge in [-0.2, -0.15) is 4.31 Å². The Morgan fingerprint density at radius 2 is 1.63 bits per heavy atom. The predicted octanol–water partition coefficient (Wildman–Crippen LogP) is 3.78. The first kappa shape index (κ1) is 28.9. The lowest BCUT2D eigenvalue weighted by Crippen LogP contribution is -2.59. The van der Waals surface area contributed by atoms with E-state index >= 15 is 0 Å². The molecule has 41 heavy (non-hydrogen) atoms. The van der Waals surface area contributed by atoms with E-state index in [4.69, 9.17) is 0 Å². The van der Waals surface area contributed by atoms with E-state index in [-0.39, 0.29) is 24.7 Å². The van der Waals surface area contributed by atoms with E-state index in [1.807, 2.05) is 4.57 Å². The number of imidazole rings is 1. The molecule has 0 N–H and O–H groups in total. The summed E-state index contributed by atoms with van der Waals surface area (Å²) in [6.07, 6.45) is 9.96. The summed E-state index contributed by atoms with van der Waals surface area (Å²) in [6, 6.07) is 1.34. The van der Waals surface area contributed by atoms with Crippen LogP contribution in [0.1, 0.15) is 50.3 Å². The van der Waals surface area contributed by atoms with Crippen molar-refractivity contribution in [2.75, 3.05) is 11.4 Å². The van der Waals surface area contributed by atoms with Crippen LogP contribution in [0.3, 0.4) is 0 Å². The number of nitrogens with zero attached hydrogens (tertiary/aromatic N) is 5. The van der Waals surface area contributed by atoms with E-state index < -0.39 is 68.1 Å². The molecule has 15 heteroatoms. The number of aryl methyl sites for hydroxylation is 1. The number of carbonyl (C=O) groups is 1. The van der Waals surface area contributed by atoms with Crippen LogP contribution in [-0.2, 0) is 28.4 Å². The molecule has 1 saturated carbocycles. The van der Waals surface area contributed by atoms with Gasteiger partial charge in [0.15, 0.2) is 28.2 Å². The fourth-order valence-corrected chi connectivity index (χ4v) is 6.95. The SMILES string of the molecule is Cn1ccc(N(Cc2cn(C3CCCCC3)cn2)C(=O)[C@H]2CCN2S(=O)(=O)c2c(F)c(F)c(F)c(F)c2F)cc1=O. The highest BCUT2D eigenvalue weighted by Crippen LogP contribution is 2.35. The average molecular weight is 600 g/mol. The van der Waals surface area contributed by atoms with E-state index in [1.54, 1.807) is 12.5 Å². The summed E-state index contributed by atoms with van der Waals surface area (Å²) < 4.78 is 99.9. The molecular formula is C26H26F5N5O4S. The lowest BCUT2D eigenvalue weighted by molar-refractivity contribution is -0.125. The van der Waals surface area contributed by atoms with Gasteiger partial charge in [0.25, 0.3) is 5.56 Å². The lowest BCUT2D eigenvalue weighted by atomic mass is 9.95. The zero-order chi connectivity index (χ0) is 29.6. The third-order valence-corrected chi connectivity index (χ3v) is 9.56. The van der Waals surface area contributed by atoms with Crippen molar-refractivity contribution in [3.8, 4) is 0 Å². The van der Waals surface area contributed by atoms with E-state index in [9.17, 15) is 40.0 Å². The van der Waals surface area contributed by atoms with Crippen molar-refractivity contribution in [2.24, 2.45) is 7.05 Å². The van der Waals surface area contributed by atoms with Crippen LogP contribution in [0.5, 0.6) is 0 Å². The molecule has 2 fully saturated rings. The molecule has 1 aromatic carbocycles. The Labute approximate surface area is 231 Å². The molecule has 0 unspecified atom stereocenters. The van der Waals surface area contributed by atoms with Gasteiger partial charge in [-0.3, -0.25) is 9.59 Å². The maximum absolute atomic E-state index is 14.4. The number of amides is 1. The van der Waals surface area contributed by atoms with Gasteiger partial charge in [0.1, 0.15) is 6.04 Å². The van der Waals surface area contributed by atoms with Gasteiger partial charge in [-0.15, -0.1) is 0 Å². The Hall–Kier alpha value is -3.59. The first-order valence-corrected chi connectivity index (χ1v) is 14.4. The fraction of sp³-hybridized carbons (Fsp3) is 0.423. The van der Waals surface area contributed by atoms with E-state index in [0.717, 1.165) is 43.1 Å². The van der Waals surface area contributed by atoms with Crippen LogP contribution in [0.15, 0.2) is 40.5 Å². The van der Waals surface area contributed by atoms with Gasteiger partial charge < -0.3 is 14.0 Å². The summed E-state index contributed by atoms with van der Waals surface area (Å²) in [6.45, 7) is -0.572. The molecule has 1 aliphatic heterocycles. The maximum Gasteiger partial charge on any atom is 0.252 e. The maximum atomic E-state index is 14.4. The number of hydrogen-bond acceptors (Lipinski definition) is 5. The first-order valence-electron chi connectivity index (χ1n) is 13.0. The number of rotatable bonds is 7. The van der Waals surface area contributed by atoms with Crippen LogP contribution in [0.25, 0.3) is 0 Å². The molecule has 2 aliphatic rings. The zero-order valence-corrected chi connectivity index (χ0v) is 22.7. The quantitative estimate of drug-likeness (QED) is 0.234. The Kier molecular flexibility index (Phi) is 7.76. The number of hydrogen-bond donors (Lipinski definition) is 0. The van der Waals surface area contributed by atoms with E-state index in [1.165, 1.54) is 23.9 Å². The second-order valence-electron chi connectivity index (χ2n) is 10.2. The monoisotopic (exact) mass is 599 g/mol. The van der Waals surface area contributed by atoms with Crippen LogP contribution in [0.4, 0.5) is 27.6 Å². The topological polar surface area (TPSA) is 97.5 Å². The molecule has 1 aliphatic carbocycles. The van der Waals surface area contributed by atoms with Crippen molar-refractivity contribution < 1.29 is 35.2 Å². The van der Waals surface area contributed by atoms with Crippen molar-refractivity contribution in [1.29, 1.82) is 0 Å². The van der Waals surface area contributed by atoms with E-state index in [0.29, 0.717) is 10.00 Å². The summed E-state index contributed by atoms with van der Waals surface area (Å²) in [5.41, 5.74) is 0.0939. The molecule has 0 spiro atoms. The average Bonchev–Trinajstić information content (AvgIpc) is 3.39. The van der Waals surface area contributed by atoms with Crippen molar-refractivity contribution in [3.63, 3.8) is 0 Å². The van der Waals surface area contributed by atoms with Gasteiger partial charge in [0, 0.05) is 38.1 Å². The number of pyridine rings is 1. The van der Waals surface area contributed by atoms with Crippen LogP contribution in [0, 0.1) is 29.1 Å². The highest BCUT2D eigenvalue weighted by atomic mass is 32.2. The second kappa shape index (κ2) is 11.0. The standard InChI is InChI=1S/C26H26F5N5O4S/c1-33-9-7-17(11-19(33)37)35(13-15-12-34(14-32-15)16-5-3-2-4-6-16)26(38)18-8-10-36(18)41(39,40)25-23(30)21(28)20(27)22(29)24(25)31/h7,9,11-12,14,16,18H,2-6,8,10,13H2,1H3/t18-/m1/s1. The normalized spacial score (nSPS) is 18.3. The molecule has 1 saturated heterocycles. The Morgan fingerprint density at radius 1 is 1.00 bits per heavy atom. The highest BCUT2D eigenvalue weighted by Gasteiger charge is 2.48. The summed E-state index contributed by atoms with van der Waals surface area (Å²) in [5, 5.41) is 0. The molecule has 3 heterocycles. The highest BCUT2D eigenvalue weighted by molar-refractivity contribution is 7.89. The van der Waals surface area contributed by atoms with Gasteiger partial charge in [-0.25, -0.2) is 35.4 Å². The molecule has 1 amide bonds. The lowest BCUT2D eigenvalue weighted by Gasteiger charge is -2.40. The van der Waals surface area contributed by atoms with Crippen molar-refractivity contribution in [2.45, 2.75) is 62.0 Å². The van der Waals surface area contributed by atoms with Crippen molar-refractivity contribution >= 4 is 21.6 Å². The molecule has 0 bridgehead atoms. The fourth-order valence-electron chi connectivity index (χ4n) is 5.21. The molecule has 5 rings (SSSR count). The number of anilines is 1. The predicted molar refractivity (Wildman–Crippen MR) is 136 cm³/mol. The van der Waals surface area contributed by atoms with Crippen molar-refractivity contribution in [1.82, 2.24) is 18.4 Å². The Morgan fingerprint density at radius 3 is 2.22 bits per heavy atom. The molecular weight excluding hydrogens is 573 g/mol. The van der Waals surface area contributed by atoms with Gasteiger partial charge in [-0.1, -0.05) is 19.3 Å². The summed E-state index contributed by atoms with van der Waals surface area (Å²) in [5.74, 6) is -13.2. The summed E-state index contributed by atoms with van der Waals surface area (Å²) in [7, 11) is -3.84. The minimum atomic E-state index is -5.33. The first-order chi connectivity index (χ1) is 19.4. The second-order valence-corrected chi connectivity index (χ2v) is 12.0. The van der Waals surface area contributed by atoms with Gasteiger partial charge in [0.2, 0.25) is 21.7 Å². The summed E-state index contributed by atoms with van der Waals surface area (Å²) >= 11 is 0. The number of halogens is 5. The van der Waals surface area contributed by atoms with Crippen molar-refractivity contribution in [3.05, 3.63) is 76.0 Å². The Bertz CT molecular complexity index is 1640. The third kappa shape index (κ3) is 5.16. The van der Waals surface area contributed by atoms with Crippen LogP contribution < -0.4 is 10.5 Å². The Balaban J connectivity index is 1.48. The van der Waals surface area contributed by atoms with Gasteiger partial charge >= 0.3 is 0 Å². The molecule has 9 nitrogen and oxygen atoms in total. The van der Waals surface area contributed by atoms with Gasteiger partial charge in [0.05, 0.1) is 24.3 Å². The van der Waals surface area contributed by atoms with Crippen LogP contribution >= 0.6 is 0 Å².